The molecular formula is C25H33F2N5O2. The largest absolute Gasteiger partial charge is 0.353 e. The van der Waals surface area contributed by atoms with Gasteiger partial charge in [-0.3, -0.25) is 14.6 Å². The molecule has 1 aromatic heterocycles. The van der Waals surface area contributed by atoms with E-state index in [1.54, 1.807) is 24.3 Å². The van der Waals surface area contributed by atoms with E-state index in [0.717, 1.165) is 38.1 Å². The summed E-state index contributed by atoms with van der Waals surface area (Å²) < 4.78 is 27.6. The van der Waals surface area contributed by atoms with Crippen LogP contribution in [0.3, 0.4) is 0 Å². The summed E-state index contributed by atoms with van der Waals surface area (Å²) >= 11 is 0. The van der Waals surface area contributed by atoms with Crippen molar-refractivity contribution in [2.45, 2.75) is 38.1 Å². The summed E-state index contributed by atoms with van der Waals surface area (Å²) in [4.78, 5) is 33.3. The topological polar surface area (TPSA) is 95.5 Å². The van der Waals surface area contributed by atoms with E-state index >= 15 is 0 Å². The molecule has 1 saturated carbocycles. The van der Waals surface area contributed by atoms with Crippen molar-refractivity contribution in [2.24, 2.45) is 10.9 Å². The second kappa shape index (κ2) is 11.8. The molecule has 2 amide bonds. The van der Waals surface area contributed by atoms with Gasteiger partial charge in [0.25, 0.3) is 5.91 Å². The van der Waals surface area contributed by atoms with E-state index in [4.69, 9.17) is 0 Å². The van der Waals surface area contributed by atoms with Gasteiger partial charge < -0.3 is 16.0 Å². The monoisotopic (exact) mass is 473 g/mol. The summed E-state index contributed by atoms with van der Waals surface area (Å²) in [5.74, 6) is -2.60. The molecule has 9 heteroatoms. The smallest absolute Gasteiger partial charge is 0.252 e. The molecule has 3 rings (SSSR count). The van der Waals surface area contributed by atoms with Gasteiger partial charge in [0.2, 0.25) is 5.91 Å². The number of pyridine rings is 1. The second-order valence-electron chi connectivity index (χ2n) is 8.03. The van der Waals surface area contributed by atoms with Crippen molar-refractivity contribution in [1.82, 2.24) is 15.6 Å². The number of benzene rings is 1. The Kier molecular flexibility index (Phi) is 8.61. The van der Waals surface area contributed by atoms with Gasteiger partial charge in [-0.15, -0.1) is 0 Å². The minimum absolute atomic E-state index is 0. The zero-order valence-corrected chi connectivity index (χ0v) is 18.7. The third kappa shape index (κ3) is 6.81. The van der Waals surface area contributed by atoms with Crippen LogP contribution in [-0.4, -0.2) is 28.7 Å². The van der Waals surface area contributed by atoms with E-state index in [2.05, 4.69) is 39.1 Å². The van der Waals surface area contributed by atoms with Crippen molar-refractivity contribution in [3.05, 3.63) is 79.3 Å². The first-order valence-corrected chi connectivity index (χ1v) is 11.0. The Hall–Kier alpha value is -3.88. The summed E-state index contributed by atoms with van der Waals surface area (Å²) in [6, 6.07) is 7.04. The molecular weight excluding hydrogens is 440 g/mol. The highest BCUT2D eigenvalue weighted by Gasteiger charge is 2.28. The average Bonchev–Trinajstić information content (AvgIpc) is 3.33. The van der Waals surface area contributed by atoms with Crippen LogP contribution in [0, 0.1) is 11.7 Å². The number of carbonyl (C=O) groups is 2. The number of hydrogen-bond acceptors (Lipinski definition) is 5. The molecule has 1 aliphatic carbocycles. The van der Waals surface area contributed by atoms with E-state index in [0.29, 0.717) is 12.1 Å². The maximum atomic E-state index is 13.9. The normalized spacial score (nSPS) is 14.8. The van der Waals surface area contributed by atoms with Gasteiger partial charge in [-0.2, -0.15) is 0 Å². The molecule has 1 aliphatic rings. The molecule has 0 bridgehead atoms. The van der Waals surface area contributed by atoms with E-state index in [1.165, 1.54) is 12.3 Å². The summed E-state index contributed by atoms with van der Waals surface area (Å²) in [7, 11) is 0. The van der Waals surface area contributed by atoms with Crippen LogP contribution < -0.4 is 16.0 Å². The van der Waals surface area contributed by atoms with E-state index < -0.39 is 29.5 Å². The van der Waals surface area contributed by atoms with Crippen LogP contribution in [0.2, 0.25) is 0 Å². The maximum Gasteiger partial charge on any atom is 0.252 e. The van der Waals surface area contributed by atoms with Crippen molar-refractivity contribution in [1.29, 1.82) is 0 Å². The highest BCUT2D eigenvalue weighted by molar-refractivity contribution is 6.08. The van der Waals surface area contributed by atoms with Crippen LogP contribution in [0.5, 0.6) is 0 Å². The fraction of sp³-hybridized carbons (Fsp3) is 0.280. The van der Waals surface area contributed by atoms with E-state index in [1.807, 2.05) is 0 Å². The number of anilines is 2. The molecule has 0 unspecified atom stereocenters. The maximum absolute atomic E-state index is 13.9. The zero-order chi connectivity index (χ0) is 24.5. The lowest BCUT2D eigenvalue weighted by Crippen LogP contribution is -2.49. The Morgan fingerprint density at radius 2 is 2.06 bits per heavy atom. The third-order valence-corrected chi connectivity index (χ3v) is 5.56. The minimum Gasteiger partial charge on any atom is -0.353 e. The lowest BCUT2D eigenvalue weighted by Gasteiger charge is -2.22. The SMILES string of the molecule is C=CN=C(NC(=O)[C@@H](CC1CCCC1)NC(=O)c1cccc(Nc2ccncc2F)c1)C(=C)F.[HH].[HH].[HH]. The lowest BCUT2D eigenvalue weighted by atomic mass is 9.97. The molecule has 7 nitrogen and oxygen atoms in total. The molecule has 1 heterocycles. The minimum atomic E-state index is -0.915. The Morgan fingerprint density at radius 3 is 2.74 bits per heavy atom. The lowest BCUT2D eigenvalue weighted by molar-refractivity contribution is -0.122. The number of nitrogens with zero attached hydrogens (tertiary/aromatic N) is 2. The molecule has 2 aromatic rings. The summed E-state index contributed by atoms with van der Waals surface area (Å²) in [6.45, 7) is 6.56. The summed E-state index contributed by atoms with van der Waals surface area (Å²) in [5.41, 5.74) is 0.980. The zero-order valence-electron chi connectivity index (χ0n) is 18.7. The van der Waals surface area contributed by atoms with Gasteiger partial charge >= 0.3 is 0 Å². The van der Waals surface area contributed by atoms with Gasteiger partial charge in [-0.1, -0.05) is 44.9 Å². The number of halogens is 2. The number of carbonyl (C=O) groups excluding carboxylic acids is 2. The molecule has 0 saturated heterocycles. The van der Waals surface area contributed by atoms with Gasteiger partial charge in [0, 0.05) is 27.9 Å². The fourth-order valence-electron chi connectivity index (χ4n) is 3.89. The first kappa shape index (κ1) is 24.8. The fourth-order valence-corrected chi connectivity index (χ4v) is 3.89. The van der Waals surface area contributed by atoms with Crippen LogP contribution in [0.25, 0.3) is 0 Å². The van der Waals surface area contributed by atoms with Crippen LogP contribution in [0.1, 0.15) is 46.7 Å². The molecule has 0 spiro atoms. The highest BCUT2D eigenvalue weighted by Crippen LogP contribution is 2.29. The Balaban J connectivity index is 0.00000432. The van der Waals surface area contributed by atoms with Gasteiger partial charge in [-0.05, 0) is 36.6 Å². The molecule has 0 radical (unpaired) electrons. The van der Waals surface area contributed by atoms with Crippen LogP contribution in [0.15, 0.2) is 72.9 Å². The number of amidine groups is 1. The molecule has 3 N–H and O–H groups in total. The van der Waals surface area contributed by atoms with Crippen LogP contribution in [0.4, 0.5) is 20.2 Å². The molecule has 1 aromatic carbocycles. The quantitative estimate of drug-likeness (QED) is 0.330. The predicted molar refractivity (Wildman–Crippen MR) is 134 cm³/mol. The summed E-state index contributed by atoms with van der Waals surface area (Å²) in [6.07, 6.45) is 8.09. The highest BCUT2D eigenvalue weighted by atomic mass is 19.1. The van der Waals surface area contributed by atoms with Gasteiger partial charge in [-0.25, -0.2) is 13.8 Å². The van der Waals surface area contributed by atoms with Crippen molar-refractivity contribution in [3.63, 3.8) is 0 Å². The number of rotatable bonds is 9. The molecule has 184 valence electrons. The Bertz CT molecular complexity index is 1110. The van der Waals surface area contributed by atoms with Crippen LogP contribution >= 0.6 is 0 Å². The first-order chi connectivity index (χ1) is 16.4. The van der Waals surface area contributed by atoms with Crippen molar-refractivity contribution >= 4 is 29.0 Å². The van der Waals surface area contributed by atoms with Gasteiger partial charge in [0.15, 0.2) is 17.5 Å². The molecule has 34 heavy (non-hydrogen) atoms. The molecule has 0 aliphatic heterocycles. The van der Waals surface area contributed by atoms with Crippen molar-refractivity contribution in [2.75, 3.05) is 5.32 Å². The number of hydrogen-bond donors (Lipinski definition) is 3. The number of nitrogens with one attached hydrogen (secondary N) is 3. The van der Waals surface area contributed by atoms with Crippen molar-refractivity contribution in [3.8, 4) is 0 Å². The number of aliphatic imine (C=N–C) groups is 1. The Morgan fingerprint density at radius 1 is 1.29 bits per heavy atom. The van der Waals surface area contributed by atoms with E-state index in [9.17, 15) is 18.4 Å². The second-order valence-corrected chi connectivity index (χ2v) is 8.03. The molecule has 1 fully saturated rings. The van der Waals surface area contributed by atoms with Crippen molar-refractivity contribution < 1.29 is 22.6 Å². The van der Waals surface area contributed by atoms with Crippen LogP contribution in [-0.2, 0) is 4.79 Å². The standard InChI is InChI=1S/C25H27F2N5O2.3H2/c1-3-29-23(16(2)26)32-25(34)22(13-17-7-4-5-8-17)31-24(33)18-9-6-10-19(14-18)30-21-11-12-28-15-20(21)27;;;/h3,6,9-12,14-15,17,22H,1-2,4-5,7-8,13H2,(H,28,30)(H,31,33)(H,29,32,34);3*1H/t22-;;;/m1.../s1. The Labute approximate surface area is 201 Å². The van der Waals surface area contributed by atoms with E-state index in [-0.39, 0.29) is 27.3 Å². The summed E-state index contributed by atoms with van der Waals surface area (Å²) in [5, 5.41) is 8.05. The first-order valence-electron chi connectivity index (χ1n) is 11.0. The number of aromatic nitrogens is 1. The molecule has 1 atom stereocenters. The third-order valence-electron chi connectivity index (χ3n) is 5.56. The van der Waals surface area contributed by atoms with Gasteiger partial charge in [0.05, 0.1) is 11.9 Å². The average molecular weight is 474 g/mol. The number of amides is 2. The van der Waals surface area contributed by atoms with Gasteiger partial charge in [0.1, 0.15) is 6.04 Å². The predicted octanol–water partition coefficient (Wildman–Crippen LogP) is 5.52.